The van der Waals surface area contributed by atoms with Crippen LogP contribution in [0.3, 0.4) is 0 Å². The molecule has 0 bridgehead atoms. The van der Waals surface area contributed by atoms with Gasteiger partial charge in [0.1, 0.15) is 0 Å². The summed E-state index contributed by atoms with van der Waals surface area (Å²) in [4.78, 5) is 10.1. The molecule has 0 N–H and O–H groups in total. The molecule has 218 valence electrons. The van der Waals surface area contributed by atoms with E-state index in [-0.39, 0.29) is 11.3 Å². The molecule has 10 rings (SSSR count). The van der Waals surface area contributed by atoms with Crippen LogP contribution in [0.5, 0.6) is 0 Å². The van der Waals surface area contributed by atoms with Gasteiger partial charge in [0.2, 0.25) is 0 Å². The van der Waals surface area contributed by atoms with Crippen LogP contribution >= 0.6 is 0 Å². The predicted molar refractivity (Wildman–Crippen MR) is 189 cm³/mol. The van der Waals surface area contributed by atoms with Gasteiger partial charge >= 0.3 is 0 Å². The fourth-order valence-corrected chi connectivity index (χ4v) is 9.27. The highest BCUT2D eigenvalue weighted by molar-refractivity contribution is 6.04. The molecule has 5 aromatic carbocycles. The molecule has 0 radical (unpaired) electrons. The first kappa shape index (κ1) is 25.9. The number of pyridine rings is 1. The molecule has 1 aromatic heterocycles. The van der Waals surface area contributed by atoms with Crippen molar-refractivity contribution in [3.8, 4) is 22.3 Å². The normalized spacial score (nSPS) is 23.1. The Labute approximate surface area is 269 Å². The van der Waals surface area contributed by atoms with E-state index in [1.54, 1.807) is 0 Å². The van der Waals surface area contributed by atoms with Crippen molar-refractivity contribution in [3.05, 3.63) is 179 Å². The van der Waals surface area contributed by atoms with E-state index in [4.69, 9.17) is 9.98 Å². The van der Waals surface area contributed by atoms with Gasteiger partial charge in [0.15, 0.2) is 0 Å². The topological polar surface area (TPSA) is 25.2 Å². The molecule has 2 heterocycles. The number of hydrogen-bond acceptors (Lipinski definition) is 2. The number of allylic oxidation sites excluding steroid dienone is 4. The minimum atomic E-state index is -0.239. The van der Waals surface area contributed by atoms with Crippen LogP contribution < -0.4 is 0 Å². The highest BCUT2D eigenvalue weighted by Gasteiger charge is 2.56. The lowest BCUT2D eigenvalue weighted by molar-refractivity contribution is 0.465. The molecule has 2 nitrogen and oxygen atoms in total. The van der Waals surface area contributed by atoms with Crippen molar-refractivity contribution in [2.24, 2.45) is 10.9 Å². The van der Waals surface area contributed by atoms with Crippen LogP contribution in [0.2, 0.25) is 0 Å². The minimum Gasteiger partial charge on any atom is -0.255 e. The Kier molecular flexibility index (Phi) is 5.40. The number of aromatic nitrogens is 1. The molecule has 46 heavy (non-hydrogen) atoms. The lowest BCUT2D eigenvalue weighted by atomic mass is 9.65. The van der Waals surface area contributed by atoms with E-state index in [2.05, 4.69) is 146 Å². The Morgan fingerprint density at radius 2 is 1.43 bits per heavy atom. The van der Waals surface area contributed by atoms with Gasteiger partial charge in [0.25, 0.3) is 0 Å². The number of fused-ring (bicyclic) bond motifs is 13. The van der Waals surface area contributed by atoms with Gasteiger partial charge in [-0.25, -0.2) is 0 Å². The van der Waals surface area contributed by atoms with Crippen LogP contribution in [-0.4, -0.2) is 10.7 Å². The number of benzene rings is 5. The maximum absolute atomic E-state index is 5.14. The van der Waals surface area contributed by atoms with Crippen LogP contribution in [0.4, 0.5) is 5.69 Å². The van der Waals surface area contributed by atoms with Gasteiger partial charge in [0, 0.05) is 35.0 Å². The van der Waals surface area contributed by atoms with Gasteiger partial charge in [-0.15, -0.1) is 0 Å². The Hall–Kier alpha value is -5.34. The highest BCUT2D eigenvalue weighted by Crippen LogP contribution is 2.65. The fourth-order valence-electron chi connectivity index (χ4n) is 9.27. The highest BCUT2D eigenvalue weighted by atomic mass is 14.8. The standard InChI is InChI=1S/C44H32N2/c1-27-25-37(28-11-3-2-4-12-28)36-22-21-35-30(23-24-45-42(35)43(36)46-27)29-19-20-34-33-15-7-10-18-40(33)44(41(34)26-29)38-16-8-5-13-31(38)32-14-6-9-17-39(32)44/h2-24,26,31,37-38H,25H2,1H3. The second kappa shape index (κ2) is 9.58. The van der Waals surface area contributed by atoms with E-state index < -0.39 is 0 Å². The van der Waals surface area contributed by atoms with Crippen molar-refractivity contribution in [2.45, 2.75) is 30.6 Å². The Morgan fingerprint density at radius 3 is 2.35 bits per heavy atom. The molecule has 6 aromatic rings. The van der Waals surface area contributed by atoms with Gasteiger partial charge in [-0.1, -0.05) is 127 Å². The van der Waals surface area contributed by atoms with Crippen molar-refractivity contribution in [3.63, 3.8) is 0 Å². The second-order valence-electron chi connectivity index (χ2n) is 13.3. The summed E-state index contributed by atoms with van der Waals surface area (Å²) < 4.78 is 0. The minimum absolute atomic E-state index is 0.239. The van der Waals surface area contributed by atoms with Crippen LogP contribution in [0.15, 0.2) is 151 Å². The van der Waals surface area contributed by atoms with Crippen molar-refractivity contribution in [1.82, 2.24) is 4.98 Å². The molecule has 3 aliphatic carbocycles. The zero-order valence-corrected chi connectivity index (χ0v) is 25.7. The van der Waals surface area contributed by atoms with E-state index in [1.807, 2.05) is 6.20 Å². The lowest BCUT2D eigenvalue weighted by Gasteiger charge is -2.36. The molecule has 4 unspecified atom stereocenters. The number of nitrogens with zero attached hydrogens (tertiary/aromatic N) is 2. The van der Waals surface area contributed by atoms with Gasteiger partial charge in [-0.05, 0) is 81.1 Å². The molecule has 2 heteroatoms. The van der Waals surface area contributed by atoms with Gasteiger partial charge in [-0.3, -0.25) is 9.98 Å². The maximum atomic E-state index is 5.14. The predicted octanol–water partition coefficient (Wildman–Crippen LogP) is 10.7. The summed E-state index contributed by atoms with van der Waals surface area (Å²) in [6.07, 6.45) is 12.3. The summed E-state index contributed by atoms with van der Waals surface area (Å²) in [7, 11) is 0. The van der Waals surface area contributed by atoms with Gasteiger partial charge < -0.3 is 0 Å². The Morgan fingerprint density at radius 1 is 0.652 bits per heavy atom. The Balaban J connectivity index is 1.20. The first-order chi connectivity index (χ1) is 22.7. The van der Waals surface area contributed by atoms with Gasteiger partial charge in [-0.2, -0.15) is 0 Å². The summed E-state index contributed by atoms with van der Waals surface area (Å²) in [5.74, 6) is 0.965. The summed E-state index contributed by atoms with van der Waals surface area (Å²) in [5.41, 5.74) is 16.4. The first-order valence-corrected chi connectivity index (χ1v) is 16.4. The van der Waals surface area contributed by atoms with Gasteiger partial charge in [0.05, 0.1) is 16.6 Å². The monoisotopic (exact) mass is 588 g/mol. The SMILES string of the molecule is CC1=Nc2c(ccc3c(-c4ccc5c(c4)C4(c6ccccc6-5)c5ccccc5C5C=CC=CC54)ccnc23)C(c2ccccc2)C1. The summed E-state index contributed by atoms with van der Waals surface area (Å²) in [6, 6.07) is 43.1. The molecule has 0 fully saturated rings. The molecular formula is C44H32N2. The van der Waals surface area contributed by atoms with Crippen LogP contribution in [0.1, 0.15) is 58.6 Å². The van der Waals surface area contributed by atoms with Crippen molar-refractivity contribution >= 4 is 22.3 Å². The summed E-state index contributed by atoms with van der Waals surface area (Å²) in [5, 5.41) is 1.15. The fraction of sp³-hybridized carbons (Fsp3) is 0.136. The van der Waals surface area contributed by atoms with Crippen LogP contribution in [0.25, 0.3) is 33.2 Å². The third-order valence-corrected chi connectivity index (χ3v) is 11.1. The third kappa shape index (κ3) is 3.36. The Bertz CT molecular complexity index is 2320. The molecule has 1 spiro atoms. The maximum Gasteiger partial charge on any atom is 0.0967 e. The van der Waals surface area contributed by atoms with E-state index in [1.165, 1.54) is 55.6 Å². The van der Waals surface area contributed by atoms with Crippen LogP contribution in [-0.2, 0) is 5.41 Å². The summed E-state index contributed by atoms with van der Waals surface area (Å²) >= 11 is 0. The number of hydrogen-bond donors (Lipinski definition) is 0. The van der Waals surface area contributed by atoms with Crippen LogP contribution in [0, 0.1) is 5.92 Å². The molecular weight excluding hydrogens is 556 g/mol. The van der Waals surface area contributed by atoms with E-state index in [0.717, 1.165) is 28.7 Å². The lowest BCUT2D eigenvalue weighted by Crippen LogP contribution is -2.33. The molecule has 0 saturated carbocycles. The van der Waals surface area contributed by atoms with E-state index in [9.17, 15) is 0 Å². The zero-order chi connectivity index (χ0) is 30.4. The molecule has 0 saturated heterocycles. The zero-order valence-electron chi connectivity index (χ0n) is 25.7. The molecule has 1 aliphatic heterocycles. The number of aliphatic imine (C=N–C) groups is 1. The largest absolute Gasteiger partial charge is 0.255 e. The van der Waals surface area contributed by atoms with E-state index in [0.29, 0.717) is 11.8 Å². The third-order valence-electron chi connectivity index (χ3n) is 11.1. The molecule has 4 aliphatic rings. The van der Waals surface area contributed by atoms with Crippen molar-refractivity contribution in [2.75, 3.05) is 0 Å². The average Bonchev–Trinajstić information content (AvgIpc) is 3.58. The second-order valence-corrected chi connectivity index (χ2v) is 13.3. The summed E-state index contributed by atoms with van der Waals surface area (Å²) in [6.45, 7) is 2.15. The first-order valence-electron chi connectivity index (χ1n) is 16.4. The quantitative estimate of drug-likeness (QED) is 0.198. The van der Waals surface area contributed by atoms with Crippen molar-refractivity contribution in [1.29, 1.82) is 0 Å². The average molecular weight is 589 g/mol. The number of rotatable bonds is 2. The molecule has 4 atom stereocenters. The van der Waals surface area contributed by atoms with E-state index >= 15 is 0 Å². The molecule has 0 amide bonds. The van der Waals surface area contributed by atoms with Crippen molar-refractivity contribution < 1.29 is 0 Å². The smallest absolute Gasteiger partial charge is 0.0967 e.